The first-order valence-electron chi connectivity index (χ1n) is 34.7. The van der Waals surface area contributed by atoms with Crippen molar-refractivity contribution in [1.29, 1.82) is 0 Å². The van der Waals surface area contributed by atoms with Crippen LogP contribution in [0.15, 0.2) is 17.8 Å². The van der Waals surface area contributed by atoms with Crippen LogP contribution in [0.3, 0.4) is 0 Å². The van der Waals surface area contributed by atoms with Gasteiger partial charge in [0.25, 0.3) is 0 Å². The molecule has 0 aromatic heterocycles. The van der Waals surface area contributed by atoms with Crippen molar-refractivity contribution in [3.05, 3.63) is 12.8 Å². The lowest BCUT2D eigenvalue weighted by molar-refractivity contribution is -0.287. The molecule has 1 heterocycles. The Balaban J connectivity index is 0. The highest BCUT2D eigenvalue weighted by Gasteiger charge is 2.49. The van der Waals surface area contributed by atoms with E-state index in [4.69, 9.17) is 64.8 Å². The van der Waals surface area contributed by atoms with Crippen molar-refractivity contribution in [3.8, 4) is 0 Å². The molecule has 8 amide bonds. The normalized spacial score (nSPS) is 14.9. The molecule has 28 nitrogen and oxygen atoms in total. The molecule has 0 spiro atoms. The van der Waals surface area contributed by atoms with Gasteiger partial charge >= 0.3 is 41.7 Å². The van der Waals surface area contributed by atoms with E-state index in [2.05, 4.69) is 79.6 Å². The monoisotopic (exact) mass is 1450 g/mol. The van der Waals surface area contributed by atoms with E-state index in [0.717, 1.165) is 78.3 Å². The van der Waals surface area contributed by atoms with Crippen LogP contribution in [-0.4, -0.2) is 285 Å². The van der Waals surface area contributed by atoms with Crippen molar-refractivity contribution >= 4 is 68.4 Å². The van der Waals surface area contributed by atoms with E-state index in [-0.39, 0.29) is 54.7 Å². The van der Waals surface area contributed by atoms with E-state index in [1.54, 1.807) is 102 Å². The largest absolute Gasteiger partial charge is 0.500 e. The third-order valence-electron chi connectivity index (χ3n) is 16.7. The Labute approximate surface area is 588 Å². The highest BCUT2D eigenvalue weighted by Crippen LogP contribution is 2.41. The Morgan fingerprint density at radius 1 is 0.552 bits per heavy atom. The highest BCUT2D eigenvalue weighted by atomic mass is 28.4. The fourth-order valence-electron chi connectivity index (χ4n) is 11.4. The first kappa shape index (κ1) is 95.0. The van der Waals surface area contributed by atoms with Gasteiger partial charge in [-0.2, -0.15) is 15.1 Å². The second kappa shape index (κ2) is 57.5. The third kappa shape index (κ3) is 39.8. The van der Waals surface area contributed by atoms with Gasteiger partial charge < -0.3 is 80.7 Å². The second-order valence-corrected chi connectivity index (χ2v) is 33.3. The van der Waals surface area contributed by atoms with Crippen LogP contribution in [0.4, 0.5) is 19.2 Å². The lowest BCUT2D eigenvalue weighted by Crippen LogP contribution is -2.66. The predicted octanol–water partition coefficient (Wildman–Crippen LogP) is 7.38. The summed E-state index contributed by atoms with van der Waals surface area (Å²) in [5, 5.41) is 12.9. The molecule has 1 saturated heterocycles. The smallest absolute Gasteiger partial charge is 0.381 e. The molecular formula is C64H138N10O18Si4. The Bertz CT molecular complexity index is 1910. The molecule has 1 rings (SSSR count). The highest BCUT2D eigenvalue weighted by molar-refractivity contribution is 6.60. The average Bonchev–Trinajstić information content (AvgIpc) is 0.773. The van der Waals surface area contributed by atoms with E-state index >= 15 is 4.79 Å². The summed E-state index contributed by atoms with van der Waals surface area (Å²) in [5.74, 6) is 0. The molecule has 2 atom stereocenters. The molecule has 2 unspecified atom stereocenters. The van der Waals surface area contributed by atoms with Gasteiger partial charge in [-0.05, 0) is 98.8 Å². The number of hydrogen-bond acceptors (Lipinski definition) is 21. The molecule has 32 heteroatoms. The van der Waals surface area contributed by atoms with Crippen molar-refractivity contribution in [1.82, 2.24) is 46.3 Å². The number of urea groups is 4. The molecule has 1 aliphatic heterocycles. The average molecular weight is 1450 g/mol. The number of ether oxygens (including phenoxy) is 6. The van der Waals surface area contributed by atoms with Gasteiger partial charge in [-0.25, -0.2) is 29.1 Å². The first-order valence-corrected chi connectivity index (χ1v) is 40.9. The topological polar surface area (TPSA) is 274 Å². The van der Waals surface area contributed by atoms with E-state index < -0.39 is 34.7 Å². The number of piperidine rings is 1. The van der Waals surface area contributed by atoms with Gasteiger partial charge in [0.05, 0.1) is 18.1 Å². The summed E-state index contributed by atoms with van der Waals surface area (Å²) in [5.41, 5.74) is 2.14. The standard InChI is InChI=1S/C54H110N10O12Si2.2C5H14O3Si/c1-15-19-20-21-26-31-43-75-64-53(5,6)46-48(47-54(64,7)8)62(42-41-61(37-16-2)76-59-18-4)52(68)63(40-30-25-24-27-34-56-49(65)55-17-3)51(67)58-36-29-23-22-28-35-57-50(66)60(38-32-44-77(69-9,70-10)71-11)39-33-45-78(72-12,73-13)74-14;2*1-6-4(7-2)5(9)8-3/h17-18,48,59H,4,15-16,19-47H2,1-3,5-14H3,(H,56,65)(H,57,66)(H,58,67);2*4-5H,1-3,9H3. The molecule has 4 N–H and O–H groups in total. The van der Waals surface area contributed by atoms with Crippen LogP contribution in [-0.2, 0) is 64.8 Å². The Kier molecular flexibility index (Phi) is 56.9. The van der Waals surface area contributed by atoms with E-state index in [1.165, 1.54) is 43.0 Å². The number of hydroxylamine groups is 5. The van der Waals surface area contributed by atoms with Gasteiger partial charge in [0.2, 0.25) is 0 Å². The maximum absolute atomic E-state index is 15.2. The van der Waals surface area contributed by atoms with Crippen molar-refractivity contribution in [2.75, 3.05) is 151 Å². The summed E-state index contributed by atoms with van der Waals surface area (Å²) in [7, 11) is 15.4. The lowest BCUT2D eigenvalue weighted by atomic mass is 9.78. The molecule has 0 saturated carbocycles. The van der Waals surface area contributed by atoms with Gasteiger partial charge in [-0.15, -0.1) is 0 Å². The molecule has 96 heavy (non-hydrogen) atoms. The number of unbranched alkanes of at least 4 members (excludes halogenated alkanes) is 11. The lowest BCUT2D eigenvalue weighted by Gasteiger charge is -2.55. The molecule has 0 aliphatic carbocycles. The van der Waals surface area contributed by atoms with Crippen molar-refractivity contribution in [3.63, 3.8) is 0 Å². The number of nitrogens with one attached hydrogen (secondary N) is 4. The Morgan fingerprint density at radius 2 is 0.990 bits per heavy atom. The van der Waals surface area contributed by atoms with Crippen molar-refractivity contribution in [2.24, 2.45) is 4.99 Å². The van der Waals surface area contributed by atoms with Crippen molar-refractivity contribution in [2.45, 2.75) is 224 Å². The first-order chi connectivity index (χ1) is 45.9. The predicted molar refractivity (Wildman–Crippen MR) is 390 cm³/mol. The van der Waals surface area contributed by atoms with E-state index in [9.17, 15) is 14.4 Å². The number of carbonyl (C=O) groups is 4. The molecular weight excluding hydrogens is 1310 g/mol. The number of nitrogens with zero attached hydrogens (tertiary/aromatic N) is 6. The van der Waals surface area contributed by atoms with Crippen LogP contribution in [0.1, 0.15) is 170 Å². The molecule has 0 aromatic rings. The number of rotatable bonds is 53. The van der Waals surface area contributed by atoms with E-state index in [1.807, 2.05) is 4.90 Å². The van der Waals surface area contributed by atoms with Gasteiger partial charge in [0, 0.05) is 206 Å². The van der Waals surface area contributed by atoms with E-state index in [0.29, 0.717) is 110 Å². The molecule has 568 valence electrons. The van der Waals surface area contributed by atoms with Crippen LogP contribution >= 0.6 is 0 Å². The summed E-state index contributed by atoms with van der Waals surface area (Å²) in [6.45, 7) is 23.0. The van der Waals surface area contributed by atoms with Crippen molar-refractivity contribution < 1.29 is 83.9 Å². The SMILES string of the molecule is C=CNON(CCC)CCN(C(=O)N(CCCCCCNC(=O)N=CC)C(=O)NCCCCCCNC(=O)N(CCC[Si](OC)(OC)OC)CCC[Si](OC)(OC)OC)C1CC(C)(C)N(OCCCCCCCC)C(C)(C)C1.COC([SiH3])C(OC)OC.COC([SiH3])C(OC)OC. The Hall–Kier alpha value is -3.08. The van der Waals surface area contributed by atoms with Crippen LogP contribution in [0.25, 0.3) is 0 Å². The van der Waals surface area contributed by atoms with Crippen LogP contribution in [0.2, 0.25) is 12.1 Å². The van der Waals surface area contributed by atoms with Crippen LogP contribution < -0.4 is 21.4 Å². The fourth-order valence-corrected chi connectivity index (χ4v) is 15.9. The zero-order valence-electron chi connectivity index (χ0n) is 63.7. The van der Waals surface area contributed by atoms with Crippen LogP contribution in [0.5, 0.6) is 0 Å². The number of carbonyl (C=O) groups excluding carboxylic acids is 4. The minimum atomic E-state index is -2.82. The van der Waals surface area contributed by atoms with Gasteiger partial charge in [-0.1, -0.05) is 78.2 Å². The summed E-state index contributed by atoms with van der Waals surface area (Å²) in [6.07, 6.45) is 18.9. The fraction of sp³-hybridized carbons (Fsp3) is 0.891. The summed E-state index contributed by atoms with van der Waals surface area (Å²) in [4.78, 5) is 76.2. The van der Waals surface area contributed by atoms with Gasteiger partial charge in [0.15, 0.2) is 12.6 Å². The number of amides is 8. The molecule has 0 bridgehead atoms. The molecule has 1 aliphatic rings. The molecule has 0 radical (unpaired) electrons. The van der Waals surface area contributed by atoms with Crippen LogP contribution in [0, 0.1) is 0 Å². The summed E-state index contributed by atoms with van der Waals surface area (Å²) < 4.78 is 63.4. The minimum absolute atomic E-state index is 0.125. The second-order valence-electron chi connectivity index (χ2n) is 24.8. The summed E-state index contributed by atoms with van der Waals surface area (Å²) in [6, 6.07) is -0.414. The minimum Gasteiger partial charge on any atom is -0.381 e. The number of hydrogen-bond donors (Lipinski definition) is 4. The third-order valence-corrected chi connectivity index (χ3v) is 24.4. The van der Waals surface area contributed by atoms with Gasteiger partial charge in [-0.3, -0.25) is 10.3 Å². The number of methoxy groups -OCH3 is 6. The quantitative estimate of drug-likeness (QED) is 0.0152. The molecule has 0 aromatic carbocycles. The number of imide groups is 1. The maximum Gasteiger partial charge on any atom is 0.500 e. The zero-order chi connectivity index (χ0) is 72.9. The Morgan fingerprint density at radius 3 is 1.41 bits per heavy atom. The number of aliphatic imine (C=N–C) groups is 1. The maximum atomic E-state index is 15.2. The molecule has 1 fully saturated rings. The zero-order valence-corrected chi connectivity index (χ0v) is 69.7. The van der Waals surface area contributed by atoms with Gasteiger partial charge in [0.1, 0.15) is 0 Å². The summed E-state index contributed by atoms with van der Waals surface area (Å²) >= 11 is 0.